The molecule has 0 fully saturated rings. The lowest BCUT2D eigenvalue weighted by Gasteiger charge is -2.29. The highest BCUT2D eigenvalue weighted by molar-refractivity contribution is 5.83. The van der Waals surface area contributed by atoms with Crippen molar-refractivity contribution in [3.63, 3.8) is 0 Å². The lowest BCUT2D eigenvalue weighted by atomic mass is 9.92. The summed E-state index contributed by atoms with van der Waals surface area (Å²) in [6, 6.07) is 5.61. The van der Waals surface area contributed by atoms with Crippen LogP contribution in [0.1, 0.15) is 79.9 Å². The Balaban J connectivity index is 3.22. The maximum absolute atomic E-state index is 13.1. The molecule has 1 rings (SSSR count). The first kappa shape index (κ1) is 29.4. The fraction of sp³-hybridized carbons (Fsp3) is 0.654. The van der Waals surface area contributed by atoms with E-state index in [2.05, 4.69) is 5.32 Å². The van der Waals surface area contributed by atoms with Gasteiger partial charge >= 0.3 is 18.0 Å². The van der Waals surface area contributed by atoms with Gasteiger partial charge in [-0.15, -0.1) is 0 Å². The molecule has 1 N–H and O–H groups in total. The van der Waals surface area contributed by atoms with E-state index < -0.39 is 53.5 Å². The average molecular weight is 482 g/mol. The van der Waals surface area contributed by atoms with Gasteiger partial charge in [-0.25, -0.2) is 14.0 Å². The molecule has 0 saturated heterocycles. The van der Waals surface area contributed by atoms with Gasteiger partial charge in [0.25, 0.3) is 0 Å². The molecule has 2 atom stereocenters. The van der Waals surface area contributed by atoms with Crippen LogP contribution in [0.5, 0.6) is 0 Å². The maximum Gasteiger partial charge on any atom is 0.408 e. The molecule has 0 aliphatic carbocycles. The number of amides is 1. The predicted octanol–water partition coefficient (Wildman–Crippen LogP) is 5.28. The zero-order valence-electron chi connectivity index (χ0n) is 21.9. The highest BCUT2D eigenvalue weighted by atomic mass is 19.1. The Morgan fingerprint density at radius 2 is 1.21 bits per heavy atom. The second-order valence-electron chi connectivity index (χ2n) is 11.4. The first-order valence-electron chi connectivity index (χ1n) is 11.5. The molecule has 0 aliphatic heterocycles. The van der Waals surface area contributed by atoms with Crippen LogP contribution in [0.2, 0.25) is 0 Å². The first-order chi connectivity index (χ1) is 15.4. The zero-order chi connectivity index (χ0) is 26.3. The van der Waals surface area contributed by atoms with Gasteiger partial charge in [-0.1, -0.05) is 24.3 Å². The number of carbonyl (C=O) groups is 3. The van der Waals surface area contributed by atoms with Gasteiger partial charge in [-0.3, -0.25) is 4.79 Å². The SMILES string of the molecule is CC(C)(C)OC(=O)N[C@@H](C[C@H](Cc1ccc(CF)cc1)C(=O)OC(C)(C)C)C(=O)OC(C)(C)C. The highest BCUT2D eigenvalue weighted by Crippen LogP contribution is 2.22. The van der Waals surface area contributed by atoms with Gasteiger partial charge in [0.2, 0.25) is 0 Å². The lowest BCUT2D eigenvalue weighted by Crippen LogP contribution is -2.48. The summed E-state index contributed by atoms with van der Waals surface area (Å²) in [7, 11) is 0. The minimum Gasteiger partial charge on any atom is -0.460 e. The summed E-state index contributed by atoms with van der Waals surface area (Å²) in [5.74, 6) is -1.97. The lowest BCUT2D eigenvalue weighted by molar-refractivity contribution is -0.162. The van der Waals surface area contributed by atoms with Gasteiger partial charge in [0, 0.05) is 0 Å². The number of rotatable bonds is 8. The van der Waals surface area contributed by atoms with E-state index in [0.717, 1.165) is 5.56 Å². The van der Waals surface area contributed by atoms with Crippen molar-refractivity contribution < 1.29 is 33.0 Å². The number of nitrogens with one attached hydrogen (secondary N) is 1. The topological polar surface area (TPSA) is 90.9 Å². The van der Waals surface area contributed by atoms with Crippen LogP contribution in [0.4, 0.5) is 9.18 Å². The smallest absolute Gasteiger partial charge is 0.408 e. The summed E-state index contributed by atoms with van der Waals surface area (Å²) in [6.45, 7) is 14.9. The largest absolute Gasteiger partial charge is 0.460 e. The molecule has 1 aromatic carbocycles. The summed E-state index contributed by atoms with van der Waals surface area (Å²) in [5.41, 5.74) is -1.02. The average Bonchev–Trinajstić information content (AvgIpc) is 2.63. The van der Waals surface area contributed by atoms with Crippen LogP contribution < -0.4 is 5.32 Å². The molecule has 0 radical (unpaired) electrons. The molecule has 0 aliphatic rings. The van der Waals surface area contributed by atoms with Crippen LogP contribution in [-0.2, 0) is 36.9 Å². The summed E-state index contributed by atoms with van der Waals surface area (Å²) in [6.07, 6.45) is -0.622. The van der Waals surface area contributed by atoms with Gasteiger partial charge in [-0.2, -0.15) is 0 Å². The van der Waals surface area contributed by atoms with Crippen molar-refractivity contribution in [2.45, 2.75) is 105 Å². The van der Waals surface area contributed by atoms with E-state index in [9.17, 15) is 18.8 Å². The van der Waals surface area contributed by atoms with Gasteiger partial charge in [0.05, 0.1) is 5.92 Å². The molecule has 0 heterocycles. The number of hydrogen-bond donors (Lipinski definition) is 1. The summed E-state index contributed by atoms with van der Waals surface area (Å²) in [4.78, 5) is 38.5. The van der Waals surface area contributed by atoms with Gasteiger partial charge in [-0.05, 0) is 86.3 Å². The number of hydrogen-bond acceptors (Lipinski definition) is 6. The van der Waals surface area contributed by atoms with Crippen molar-refractivity contribution in [3.8, 4) is 0 Å². The van der Waals surface area contributed by atoms with Crippen molar-refractivity contribution in [1.82, 2.24) is 5.32 Å². The van der Waals surface area contributed by atoms with E-state index in [1.807, 2.05) is 0 Å². The molecule has 192 valence electrons. The minimum atomic E-state index is -1.14. The maximum atomic E-state index is 13.1. The van der Waals surface area contributed by atoms with Gasteiger partial charge < -0.3 is 19.5 Å². The van der Waals surface area contributed by atoms with Crippen LogP contribution in [-0.4, -0.2) is 40.9 Å². The van der Waals surface area contributed by atoms with E-state index in [0.29, 0.717) is 5.56 Å². The molecular weight excluding hydrogens is 441 g/mol. The Hall–Kier alpha value is -2.64. The molecule has 0 bridgehead atoms. The van der Waals surface area contributed by atoms with E-state index in [-0.39, 0.29) is 12.8 Å². The quantitative estimate of drug-likeness (QED) is 0.401. The monoisotopic (exact) mass is 481 g/mol. The van der Waals surface area contributed by atoms with E-state index >= 15 is 0 Å². The molecular formula is C26H40FNO6. The van der Waals surface area contributed by atoms with Gasteiger partial charge in [0.1, 0.15) is 29.5 Å². The van der Waals surface area contributed by atoms with E-state index in [4.69, 9.17) is 14.2 Å². The van der Waals surface area contributed by atoms with Crippen molar-refractivity contribution in [2.75, 3.05) is 0 Å². The molecule has 0 spiro atoms. The predicted molar refractivity (Wildman–Crippen MR) is 128 cm³/mol. The molecule has 34 heavy (non-hydrogen) atoms. The molecule has 1 aromatic rings. The Morgan fingerprint density at radius 1 is 0.765 bits per heavy atom. The fourth-order valence-electron chi connectivity index (χ4n) is 3.02. The second-order valence-corrected chi connectivity index (χ2v) is 11.4. The molecule has 8 heteroatoms. The number of ether oxygens (including phenoxy) is 3. The zero-order valence-corrected chi connectivity index (χ0v) is 21.9. The Labute approximate surface area is 202 Å². The van der Waals surface area contributed by atoms with Gasteiger partial charge in [0.15, 0.2) is 0 Å². The van der Waals surface area contributed by atoms with Crippen LogP contribution >= 0.6 is 0 Å². The van der Waals surface area contributed by atoms with Crippen LogP contribution in [0.15, 0.2) is 24.3 Å². The number of alkyl halides is 1. The minimum absolute atomic E-state index is 0.0616. The van der Waals surface area contributed by atoms with Crippen LogP contribution in [0.3, 0.4) is 0 Å². The number of esters is 2. The molecule has 0 saturated carbocycles. The molecule has 1 amide bonds. The number of benzene rings is 1. The highest BCUT2D eigenvalue weighted by Gasteiger charge is 2.35. The van der Waals surface area contributed by atoms with Crippen LogP contribution in [0.25, 0.3) is 0 Å². The number of alkyl carbamates (subject to hydrolysis) is 1. The van der Waals surface area contributed by atoms with Crippen molar-refractivity contribution in [3.05, 3.63) is 35.4 Å². The fourth-order valence-corrected chi connectivity index (χ4v) is 3.02. The molecule has 0 aromatic heterocycles. The third-order valence-corrected chi connectivity index (χ3v) is 4.30. The standard InChI is InChI=1S/C26H40FNO6/c1-24(2,3)32-21(29)19(14-17-10-12-18(16-27)13-11-17)15-20(22(30)33-25(4,5)6)28-23(31)34-26(7,8)9/h10-13,19-20H,14-16H2,1-9H3,(H,28,31)/t19-,20-/m0/s1. The Kier molecular flexibility index (Phi) is 10.1. The van der Waals surface area contributed by atoms with Crippen molar-refractivity contribution in [2.24, 2.45) is 5.92 Å². The summed E-state index contributed by atoms with van der Waals surface area (Å²) >= 11 is 0. The normalized spacial score (nSPS) is 14.1. The molecule has 0 unspecified atom stereocenters. The Bertz CT molecular complexity index is 831. The number of carbonyl (C=O) groups excluding carboxylic acids is 3. The Morgan fingerprint density at radius 3 is 1.65 bits per heavy atom. The second kappa shape index (κ2) is 11.7. The van der Waals surface area contributed by atoms with Crippen molar-refractivity contribution >= 4 is 18.0 Å². The summed E-state index contributed by atoms with van der Waals surface area (Å²) < 4.78 is 29.3. The third kappa shape index (κ3) is 12.0. The summed E-state index contributed by atoms with van der Waals surface area (Å²) in [5, 5.41) is 2.56. The van der Waals surface area contributed by atoms with E-state index in [1.54, 1.807) is 86.6 Å². The van der Waals surface area contributed by atoms with E-state index in [1.165, 1.54) is 0 Å². The van der Waals surface area contributed by atoms with Crippen molar-refractivity contribution in [1.29, 1.82) is 0 Å². The van der Waals surface area contributed by atoms with Crippen LogP contribution in [0, 0.1) is 5.92 Å². The third-order valence-electron chi connectivity index (χ3n) is 4.30. The molecule has 7 nitrogen and oxygen atoms in total. The first-order valence-corrected chi connectivity index (χ1v) is 11.5. The number of halogens is 1.